The van der Waals surface area contributed by atoms with Crippen LogP contribution in [-0.4, -0.2) is 31.1 Å². The average molecular weight is 364 g/mol. The van der Waals surface area contributed by atoms with E-state index in [1.807, 2.05) is 68.4 Å². The summed E-state index contributed by atoms with van der Waals surface area (Å²) in [5.41, 5.74) is 4.45. The molecule has 0 atom stereocenters. The number of carbonyl (C=O) groups excluding carboxylic acids is 1. The Morgan fingerprint density at radius 1 is 1.00 bits per heavy atom. The lowest BCUT2D eigenvalue weighted by molar-refractivity contribution is 0.101. The van der Waals surface area contributed by atoms with Gasteiger partial charge >= 0.3 is 0 Å². The highest BCUT2D eigenvalue weighted by Crippen LogP contribution is 2.29. The zero-order valence-electron chi connectivity index (χ0n) is 16.1. The van der Waals surface area contributed by atoms with Crippen LogP contribution in [-0.2, 0) is 0 Å². The van der Waals surface area contributed by atoms with Gasteiger partial charge in [-0.15, -0.1) is 0 Å². The lowest BCUT2D eigenvalue weighted by atomic mass is 10.1. The molecule has 0 amide bonds. The SMILES string of the molecule is COc1ccc(OC)c(NCC(=O)c2cc(C)n(-c3ccccc3)c2C)c1. The van der Waals surface area contributed by atoms with E-state index in [1.54, 1.807) is 14.2 Å². The van der Waals surface area contributed by atoms with Crippen LogP contribution in [0.25, 0.3) is 5.69 Å². The number of hydrogen-bond donors (Lipinski definition) is 1. The van der Waals surface area contributed by atoms with Crippen LogP contribution in [0, 0.1) is 13.8 Å². The lowest BCUT2D eigenvalue weighted by Gasteiger charge is -2.12. The Morgan fingerprint density at radius 3 is 2.41 bits per heavy atom. The van der Waals surface area contributed by atoms with Crippen molar-refractivity contribution >= 4 is 11.5 Å². The van der Waals surface area contributed by atoms with Crippen LogP contribution >= 0.6 is 0 Å². The number of hydrogen-bond acceptors (Lipinski definition) is 4. The van der Waals surface area contributed by atoms with Gasteiger partial charge in [0.15, 0.2) is 5.78 Å². The van der Waals surface area contributed by atoms with Gasteiger partial charge in [0.05, 0.1) is 26.5 Å². The first-order valence-electron chi connectivity index (χ1n) is 8.78. The van der Waals surface area contributed by atoms with E-state index in [0.29, 0.717) is 17.1 Å². The molecule has 0 saturated carbocycles. The molecule has 0 bridgehead atoms. The van der Waals surface area contributed by atoms with Crippen molar-refractivity contribution in [3.05, 3.63) is 71.5 Å². The van der Waals surface area contributed by atoms with Crippen LogP contribution in [0.5, 0.6) is 11.5 Å². The van der Waals surface area contributed by atoms with Crippen LogP contribution in [0.4, 0.5) is 5.69 Å². The number of aryl methyl sites for hydroxylation is 1. The molecule has 0 unspecified atom stereocenters. The van der Waals surface area contributed by atoms with Crippen molar-refractivity contribution in [1.29, 1.82) is 0 Å². The Morgan fingerprint density at radius 2 is 1.74 bits per heavy atom. The maximum atomic E-state index is 12.8. The molecule has 27 heavy (non-hydrogen) atoms. The Kier molecular flexibility index (Phi) is 5.50. The summed E-state index contributed by atoms with van der Waals surface area (Å²) in [5.74, 6) is 1.39. The first-order chi connectivity index (χ1) is 13.0. The quantitative estimate of drug-likeness (QED) is 0.631. The number of aromatic nitrogens is 1. The van der Waals surface area contributed by atoms with Gasteiger partial charge in [0.25, 0.3) is 0 Å². The maximum absolute atomic E-state index is 12.8. The number of Topliss-reactive ketones (excluding diaryl/α,β-unsaturated/α-hetero) is 1. The number of ketones is 1. The first-order valence-corrected chi connectivity index (χ1v) is 8.78. The van der Waals surface area contributed by atoms with Crippen molar-refractivity contribution in [3.8, 4) is 17.2 Å². The number of para-hydroxylation sites is 1. The molecule has 0 saturated heterocycles. The Hall–Kier alpha value is -3.21. The molecule has 1 aromatic heterocycles. The molecular weight excluding hydrogens is 340 g/mol. The first kappa shape index (κ1) is 18.6. The van der Waals surface area contributed by atoms with Crippen LogP contribution < -0.4 is 14.8 Å². The van der Waals surface area contributed by atoms with Crippen molar-refractivity contribution in [2.45, 2.75) is 13.8 Å². The summed E-state index contributed by atoms with van der Waals surface area (Å²) in [5, 5.41) is 3.17. The molecule has 2 aromatic carbocycles. The van der Waals surface area contributed by atoms with E-state index in [2.05, 4.69) is 9.88 Å². The number of rotatable bonds is 7. The third kappa shape index (κ3) is 3.82. The van der Waals surface area contributed by atoms with Crippen molar-refractivity contribution in [1.82, 2.24) is 4.57 Å². The molecule has 3 aromatic rings. The minimum Gasteiger partial charge on any atom is -0.497 e. The van der Waals surface area contributed by atoms with Gasteiger partial charge in [-0.1, -0.05) is 18.2 Å². The Balaban J connectivity index is 1.82. The van der Waals surface area contributed by atoms with E-state index in [9.17, 15) is 4.79 Å². The summed E-state index contributed by atoms with van der Waals surface area (Å²) in [6, 6.07) is 17.4. The number of nitrogens with one attached hydrogen (secondary N) is 1. The highest BCUT2D eigenvalue weighted by atomic mass is 16.5. The molecule has 5 nitrogen and oxygen atoms in total. The third-order valence-electron chi connectivity index (χ3n) is 4.59. The zero-order chi connectivity index (χ0) is 19.4. The Labute approximate surface area is 159 Å². The smallest absolute Gasteiger partial charge is 0.183 e. The second-order valence-corrected chi connectivity index (χ2v) is 6.30. The number of methoxy groups -OCH3 is 2. The normalized spacial score (nSPS) is 10.5. The van der Waals surface area contributed by atoms with E-state index in [4.69, 9.17) is 9.47 Å². The average Bonchev–Trinajstić information content (AvgIpc) is 3.00. The molecule has 0 spiro atoms. The molecule has 140 valence electrons. The second-order valence-electron chi connectivity index (χ2n) is 6.30. The highest BCUT2D eigenvalue weighted by molar-refractivity contribution is 6.00. The van der Waals surface area contributed by atoms with Gasteiger partial charge in [0.2, 0.25) is 0 Å². The summed E-state index contributed by atoms with van der Waals surface area (Å²) in [6.45, 7) is 4.15. The fourth-order valence-electron chi connectivity index (χ4n) is 3.24. The number of nitrogens with zero attached hydrogens (tertiary/aromatic N) is 1. The summed E-state index contributed by atoms with van der Waals surface area (Å²) < 4.78 is 12.7. The summed E-state index contributed by atoms with van der Waals surface area (Å²) >= 11 is 0. The van der Waals surface area contributed by atoms with E-state index in [-0.39, 0.29) is 12.3 Å². The van der Waals surface area contributed by atoms with Crippen LogP contribution in [0.1, 0.15) is 21.7 Å². The fourth-order valence-corrected chi connectivity index (χ4v) is 3.24. The molecule has 0 aliphatic carbocycles. The van der Waals surface area contributed by atoms with Gasteiger partial charge < -0.3 is 19.4 Å². The third-order valence-corrected chi connectivity index (χ3v) is 4.59. The van der Waals surface area contributed by atoms with Gasteiger partial charge in [-0.3, -0.25) is 4.79 Å². The molecule has 0 aliphatic rings. The molecule has 5 heteroatoms. The number of ether oxygens (including phenoxy) is 2. The lowest BCUT2D eigenvalue weighted by Crippen LogP contribution is -2.15. The van der Waals surface area contributed by atoms with Crippen molar-refractivity contribution in [2.24, 2.45) is 0 Å². The van der Waals surface area contributed by atoms with E-state index >= 15 is 0 Å². The predicted octanol–water partition coefficient (Wildman–Crippen LogP) is 4.41. The largest absolute Gasteiger partial charge is 0.497 e. The van der Waals surface area contributed by atoms with Crippen LogP contribution in [0.2, 0.25) is 0 Å². The van der Waals surface area contributed by atoms with Crippen molar-refractivity contribution < 1.29 is 14.3 Å². The molecule has 1 N–H and O–H groups in total. The zero-order valence-corrected chi connectivity index (χ0v) is 16.1. The van der Waals surface area contributed by atoms with E-state index in [0.717, 1.165) is 22.8 Å². The van der Waals surface area contributed by atoms with Gasteiger partial charge in [0, 0.05) is 28.7 Å². The number of benzene rings is 2. The number of carbonyl (C=O) groups is 1. The van der Waals surface area contributed by atoms with Crippen LogP contribution in [0.15, 0.2) is 54.6 Å². The minimum atomic E-state index is 0.0233. The summed E-state index contributed by atoms with van der Waals surface area (Å²) in [7, 11) is 3.21. The van der Waals surface area contributed by atoms with Crippen LogP contribution in [0.3, 0.4) is 0 Å². The summed E-state index contributed by atoms with van der Waals surface area (Å²) in [6.07, 6.45) is 0. The second kappa shape index (κ2) is 7.99. The summed E-state index contributed by atoms with van der Waals surface area (Å²) in [4.78, 5) is 12.8. The van der Waals surface area contributed by atoms with Crippen molar-refractivity contribution in [2.75, 3.05) is 26.1 Å². The topological polar surface area (TPSA) is 52.5 Å². The number of anilines is 1. The van der Waals surface area contributed by atoms with Gasteiger partial charge in [0.1, 0.15) is 11.5 Å². The maximum Gasteiger partial charge on any atom is 0.183 e. The molecule has 1 heterocycles. The standard InChI is InChI=1S/C22H24N2O3/c1-15-12-19(16(2)24(15)17-8-6-5-7-9-17)21(25)14-23-20-13-18(26-3)10-11-22(20)27-4/h5-13,23H,14H2,1-4H3. The van der Waals surface area contributed by atoms with E-state index < -0.39 is 0 Å². The van der Waals surface area contributed by atoms with Gasteiger partial charge in [-0.05, 0) is 44.2 Å². The molecule has 0 radical (unpaired) electrons. The molecule has 0 aliphatic heterocycles. The molecule has 0 fully saturated rings. The van der Waals surface area contributed by atoms with E-state index in [1.165, 1.54) is 0 Å². The molecular formula is C22H24N2O3. The van der Waals surface area contributed by atoms with Crippen molar-refractivity contribution in [3.63, 3.8) is 0 Å². The van der Waals surface area contributed by atoms with Gasteiger partial charge in [-0.2, -0.15) is 0 Å². The van der Waals surface area contributed by atoms with Gasteiger partial charge in [-0.25, -0.2) is 0 Å². The molecule has 3 rings (SSSR count). The highest BCUT2D eigenvalue weighted by Gasteiger charge is 2.17. The minimum absolute atomic E-state index is 0.0233. The predicted molar refractivity (Wildman–Crippen MR) is 108 cm³/mol. The fraction of sp³-hybridized carbons (Fsp3) is 0.227. The Bertz CT molecular complexity index is 946. The monoisotopic (exact) mass is 364 g/mol.